The van der Waals surface area contributed by atoms with E-state index in [0.29, 0.717) is 6.54 Å². The number of hydrogen-bond acceptors (Lipinski definition) is 4. The Morgan fingerprint density at radius 2 is 1.86 bits per heavy atom. The molecular formula is C16H23NO3S. The molecule has 0 aliphatic heterocycles. The molecule has 0 aliphatic rings. The number of benzene rings is 1. The summed E-state index contributed by atoms with van der Waals surface area (Å²) in [4.78, 5) is 0. The topological polar surface area (TPSA) is 59.3 Å². The van der Waals surface area contributed by atoms with Gasteiger partial charge in [-0.25, -0.2) is 8.42 Å². The highest BCUT2D eigenvalue weighted by molar-refractivity contribution is 7.91. The number of furan rings is 1. The van der Waals surface area contributed by atoms with Crippen LogP contribution in [0.5, 0.6) is 0 Å². The van der Waals surface area contributed by atoms with Crippen molar-refractivity contribution in [1.29, 1.82) is 0 Å². The minimum absolute atomic E-state index is 0.0911. The second-order valence-electron chi connectivity index (χ2n) is 5.67. The molecule has 1 heterocycles. The number of sulfone groups is 1. The van der Waals surface area contributed by atoms with Gasteiger partial charge in [0.05, 0.1) is 12.3 Å². The first-order valence-corrected chi connectivity index (χ1v) is 9.06. The fourth-order valence-electron chi connectivity index (χ4n) is 2.28. The van der Waals surface area contributed by atoms with Gasteiger partial charge in [0.2, 0.25) is 0 Å². The highest BCUT2D eigenvalue weighted by Gasteiger charge is 2.14. The Balaban J connectivity index is 2.04. The summed E-state index contributed by atoms with van der Waals surface area (Å²) < 4.78 is 28.9. The lowest BCUT2D eigenvalue weighted by molar-refractivity contribution is 0.485. The molecule has 0 radical (unpaired) electrons. The minimum atomic E-state index is -2.95. The molecule has 1 N–H and O–H groups in total. The van der Waals surface area contributed by atoms with Crippen molar-refractivity contribution in [1.82, 2.24) is 5.32 Å². The Labute approximate surface area is 126 Å². The average Bonchev–Trinajstić information content (AvgIpc) is 2.78. The summed E-state index contributed by atoms with van der Waals surface area (Å²) in [6, 6.07) is 6.07. The fourth-order valence-corrected chi connectivity index (χ4v) is 3.39. The van der Waals surface area contributed by atoms with Crippen LogP contribution in [-0.2, 0) is 16.4 Å². The van der Waals surface area contributed by atoms with Crippen molar-refractivity contribution in [3.05, 3.63) is 35.1 Å². The van der Waals surface area contributed by atoms with Gasteiger partial charge in [-0.1, -0.05) is 6.92 Å². The summed E-state index contributed by atoms with van der Waals surface area (Å²) in [5.41, 5.74) is 3.33. The molecule has 0 amide bonds. The summed E-state index contributed by atoms with van der Waals surface area (Å²) >= 11 is 0. The third-order valence-electron chi connectivity index (χ3n) is 3.75. The fraction of sp³-hybridized carbons (Fsp3) is 0.500. The molecule has 1 aromatic carbocycles. The van der Waals surface area contributed by atoms with Crippen LogP contribution in [0.4, 0.5) is 0 Å². The Bertz CT molecular complexity index is 692. The van der Waals surface area contributed by atoms with Gasteiger partial charge in [-0.3, -0.25) is 0 Å². The molecular weight excluding hydrogens is 286 g/mol. The van der Waals surface area contributed by atoms with Gasteiger partial charge in [0.25, 0.3) is 0 Å². The van der Waals surface area contributed by atoms with Crippen LogP contribution in [0.15, 0.2) is 22.6 Å². The van der Waals surface area contributed by atoms with E-state index in [2.05, 4.69) is 25.2 Å². The smallest absolute Gasteiger partial charge is 0.151 e. The van der Waals surface area contributed by atoms with E-state index in [9.17, 15) is 8.42 Å². The predicted molar refractivity (Wildman–Crippen MR) is 86.3 cm³/mol. The third-order valence-corrected chi connectivity index (χ3v) is 5.64. The van der Waals surface area contributed by atoms with Gasteiger partial charge >= 0.3 is 0 Å². The Morgan fingerprint density at radius 3 is 2.52 bits per heavy atom. The maximum atomic E-state index is 11.6. The summed E-state index contributed by atoms with van der Waals surface area (Å²) in [6.45, 7) is 8.23. The van der Waals surface area contributed by atoms with Crippen LogP contribution < -0.4 is 5.32 Å². The molecule has 0 saturated carbocycles. The zero-order valence-electron chi connectivity index (χ0n) is 13.1. The van der Waals surface area contributed by atoms with Crippen molar-refractivity contribution in [2.45, 2.75) is 40.3 Å². The van der Waals surface area contributed by atoms with E-state index in [4.69, 9.17) is 4.42 Å². The summed E-state index contributed by atoms with van der Waals surface area (Å²) in [5, 5.41) is 4.29. The molecule has 2 aromatic rings. The highest BCUT2D eigenvalue weighted by atomic mass is 32.2. The zero-order valence-corrected chi connectivity index (χ0v) is 13.9. The summed E-state index contributed by atoms with van der Waals surface area (Å²) in [7, 11) is -2.95. The average molecular weight is 309 g/mol. The SMILES string of the molecule is CCS(=O)(=O)C[C@@H](C)NCc1cc2cc(C)c(C)cc2o1. The van der Waals surface area contributed by atoms with Crippen molar-refractivity contribution >= 4 is 20.8 Å². The van der Waals surface area contributed by atoms with E-state index in [1.165, 1.54) is 11.1 Å². The number of nitrogens with one attached hydrogen (secondary N) is 1. The van der Waals surface area contributed by atoms with Crippen LogP contribution >= 0.6 is 0 Å². The Morgan fingerprint density at radius 1 is 1.19 bits per heavy atom. The van der Waals surface area contributed by atoms with E-state index in [-0.39, 0.29) is 17.5 Å². The zero-order chi connectivity index (χ0) is 15.6. The monoisotopic (exact) mass is 309 g/mol. The summed E-state index contributed by atoms with van der Waals surface area (Å²) in [6.07, 6.45) is 0. The molecule has 2 rings (SSSR count). The second kappa shape index (κ2) is 6.20. The van der Waals surface area contributed by atoms with E-state index >= 15 is 0 Å². The van der Waals surface area contributed by atoms with Crippen LogP contribution in [0.2, 0.25) is 0 Å². The molecule has 0 fully saturated rings. The summed E-state index contributed by atoms with van der Waals surface area (Å²) in [5.74, 6) is 1.17. The van der Waals surface area contributed by atoms with E-state index < -0.39 is 9.84 Å². The van der Waals surface area contributed by atoms with E-state index in [0.717, 1.165) is 16.7 Å². The lowest BCUT2D eigenvalue weighted by Gasteiger charge is -2.12. The lowest BCUT2D eigenvalue weighted by Crippen LogP contribution is -2.33. The first-order valence-electron chi connectivity index (χ1n) is 7.24. The molecule has 0 saturated heterocycles. The number of rotatable bonds is 6. The maximum absolute atomic E-state index is 11.6. The first-order chi connectivity index (χ1) is 9.80. The van der Waals surface area contributed by atoms with Crippen molar-refractivity contribution in [2.75, 3.05) is 11.5 Å². The van der Waals surface area contributed by atoms with Crippen LogP contribution in [-0.4, -0.2) is 26.0 Å². The molecule has 0 aliphatic carbocycles. The molecule has 21 heavy (non-hydrogen) atoms. The van der Waals surface area contributed by atoms with Crippen LogP contribution in [0.1, 0.15) is 30.7 Å². The first kappa shape index (κ1) is 16.0. The Kier molecular flexibility index (Phi) is 4.74. The van der Waals surface area contributed by atoms with Crippen molar-refractivity contribution in [3.8, 4) is 0 Å². The molecule has 4 nitrogen and oxygen atoms in total. The normalized spacial score (nSPS) is 13.7. The molecule has 1 aromatic heterocycles. The molecule has 0 bridgehead atoms. The van der Waals surface area contributed by atoms with Gasteiger partial charge in [0.1, 0.15) is 11.3 Å². The minimum Gasteiger partial charge on any atom is -0.460 e. The largest absolute Gasteiger partial charge is 0.460 e. The molecule has 5 heteroatoms. The van der Waals surface area contributed by atoms with Gasteiger partial charge in [0.15, 0.2) is 9.84 Å². The van der Waals surface area contributed by atoms with Gasteiger partial charge in [-0.15, -0.1) is 0 Å². The highest BCUT2D eigenvalue weighted by Crippen LogP contribution is 2.23. The number of hydrogen-bond donors (Lipinski definition) is 1. The van der Waals surface area contributed by atoms with E-state index in [1.54, 1.807) is 6.92 Å². The number of fused-ring (bicyclic) bond motifs is 1. The Hall–Kier alpha value is -1.33. The number of aryl methyl sites for hydroxylation is 2. The van der Waals surface area contributed by atoms with Gasteiger partial charge in [-0.2, -0.15) is 0 Å². The molecule has 1 atom stereocenters. The van der Waals surface area contributed by atoms with Crippen molar-refractivity contribution in [2.24, 2.45) is 0 Å². The van der Waals surface area contributed by atoms with Gasteiger partial charge in [0, 0.05) is 17.2 Å². The second-order valence-corrected chi connectivity index (χ2v) is 8.07. The van der Waals surface area contributed by atoms with Crippen molar-refractivity contribution in [3.63, 3.8) is 0 Å². The van der Waals surface area contributed by atoms with E-state index in [1.807, 2.05) is 19.1 Å². The predicted octanol–water partition coefficient (Wildman–Crippen LogP) is 2.96. The van der Waals surface area contributed by atoms with Crippen molar-refractivity contribution < 1.29 is 12.8 Å². The van der Waals surface area contributed by atoms with Crippen LogP contribution in [0.3, 0.4) is 0 Å². The molecule has 0 spiro atoms. The van der Waals surface area contributed by atoms with Gasteiger partial charge in [-0.05, 0) is 50.1 Å². The third kappa shape index (κ3) is 4.08. The quantitative estimate of drug-likeness (QED) is 0.891. The lowest BCUT2D eigenvalue weighted by atomic mass is 10.1. The standard InChI is InChI=1S/C16H23NO3S/c1-5-21(18,19)10-13(4)17-9-15-8-14-6-11(2)12(3)7-16(14)20-15/h6-8,13,17H,5,9-10H2,1-4H3/t13-/m1/s1. The molecule has 0 unspecified atom stereocenters. The van der Waals surface area contributed by atoms with Crippen LogP contribution in [0.25, 0.3) is 11.0 Å². The van der Waals surface area contributed by atoms with Gasteiger partial charge < -0.3 is 9.73 Å². The van der Waals surface area contributed by atoms with Crippen LogP contribution in [0, 0.1) is 13.8 Å². The maximum Gasteiger partial charge on any atom is 0.151 e. The molecule has 116 valence electrons.